The Labute approximate surface area is 102 Å². The van der Waals surface area contributed by atoms with Crippen molar-refractivity contribution in [3.05, 3.63) is 29.1 Å². The number of halogens is 3. The molecule has 0 fully saturated rings. The average Bonchev–Trinajstić information content (AvgIpc) is 2.57. The molecule has 0 spiro atoms. The number of nitrogens with zero attached hydrogens (tertiary/aromatic N) is 1. The Balaban J connectivity index is 2.25. The zero-order valence-corrected chi connectivity index (χ0v) is 9.68. The Kier molecular flexibility index (Phi) is 3.31. The van der Waals surface area contributed by atoms with E-state index in [1.165, 1.54) is 0 Å². The quantitative estimate of drug-likeness (QED) is 0.919. The number of hydrogen-bond donors (Lipinski definition) is 1. The molecule has 0 saturated heterocycles. The van der Waals surface area contributed by atoms with Crippen molar-refractivity contribution in [1.82, 2.24) is 4.98 Å². The molecule has 1 aromatic heterocycles. The van der Waals surface area contributed by atoms with Gasteiger partial charge >= 0.3 is 0 Å². The number of benzene rings is 1. The molecule has 1 heterocycles. The highest BCUT2D eigenvalue weighted by atomic mass is 35.5. The van der Waals surface area contributed by atoms with E-state index in [2.05, 4.69) is 4.98 Å². The third kappa shape index (κ3) is 2.92. The summed E-state index contributed by atoms with van der Waals surface area (Å²) in [6.07, 6.45) is -0.928. The molecule has 2 aromatic rings. The molecule has 0 aliphatic rings. The monoisotopic (exact) mass is 260 g/mol. The van der Waals surface area contributed by atoms with Gasteiger partial charge in [0.2, 0.25) is 5.89 Å². The van der Waals surface area contributed by atoms with Gasteiger partial charge in [-0.05, 0) is 18.7 Å². The van der Waals surface area contributed by atoms with Gasteiger partial charge in [-0.3, -0.25) is 0 Å². The first-order valence-electron chi connectivity index (χ1n) is 5.13. The summed E-state index contributed by atoms with van der Waals surface area (Å²) in [5.41, 5.74) is 6.05. The highest BCUT2D eigenvalue weighted by Crippen LogP contribution is 2.26. The predicted octanol–water partition coefficient (Wildman–Crippen LogP) is 3.01. The molecule has 92 valence electrons. The lowest BCUT2D eigenvalue weighted by Crippen LogP contribution is -2.23. The number of alkyl halides is 2. The molecule has 0 amide bonds. The molecule has 0 aliphatic heterocycles. The normalized spacial score (nSPS) is 12.2. The van der Waals surface area contributed by atoms with Crippen LogP contribution >= 0.6 is 11.6 Å². The molecule has 3 nitrogen and oxygen atoms in total. The van der Waals surface area contributed by atoms with E-state index in [4.69, 9.17) is 21.8 Å². The summed E-state index contributed by atoms with van der Waals surface area (Å²) in [6.45, 7) is -0.0704. The fourth-order valence-electron chi connectivity index (χ4n) is 1.54. The highest BCUT2D eigenvalue weighted by Gasteiger charge is 2.30. The molecule has 0 unspecified atom stereocenters. The van der Waals surface area contributed by atoms with Crippen LogP contribution in [0.15, 0.2) is 22.6 Å². The molecular formula is C11H11ClF2N2O. The topological polar surface area (TPSA) is 52.0 Å². The molecule has 0 atom stereocenters. The van der Waals surface area contributed by atoms with Gasteiger partial charge in [0, 0.05) is 17.5 Å². The fourth-order valence-corrected chi connectivity index (χ4v) is 1.70. The molecule has 0 bridgehead atoms. The van der Waals surface area contributed by atoms with Gasteiger partial charge in [-0.25, -0.2) is 13.8 Å². The van der Waals surface area contributed by atoms with Crippen molar-refractivity contribution in [3.63, 3.8) is 0 Å². The fraction of sp³-hybridized carbons (Fsp3) is 0.364. The second-order valence-corrected chi connectivity index (χ2v) is 4.23. The van der Waals surface area contributed by atoms with Crippen molar-refractivity contribution in [2.45, 2.75) is 18.8 Å². The third-order valence-electron chi connectivity index (χ3n) is 2.31. The van der Waals surface area contributed by atoms with E-state index in [0.29, 0.717) is 16.1 Å². The maximum atomic E-state index is 13.3. The number of rotatable bonds is 4. The molecule has 0 saturated carbocycles. The van der Waals surface area contributed by atoms with Crippen LogP contribution in [0.2, 0.25) is 5.02 Å². The third-order valence-corrected chi connectivity index (χ3v) is 2.55. The summed E-state index contributed by atoms with van der Waals surface area (Å²) >= 11 is 5.76. The Hall–Kier alpha value is -1.20. The van der Waals surface area contributed by atoms with Crippen LogP contribution in [0.5, 0.6) is 0 Å². The first-order chi connectivity index (χ1) is 8.00. The highest BCUT2D eigenvalue weighted by molar-refractivity contribution is 6.31. The molecule has 0 radical (unpaired) electrons. The molecule has 2 rings (SSSR count). The van der Waals surface area contributed by atoms with E-state index in [0.717, 1.165) is 0 Å². The van der Waals surface area contributed by atoms with Gasteiger partial charge in [0.1, 0.15) is 5.52 Å². The number of aromatic nitrogens is 1. The zero-order valence-electron chi connectivity index (χ0n) is 8.92. The summed E-state index contributed by atoms with van der Waals surface area (Å²) in [4.78, 5) is 3.98. The first kappa shape index (κ1) is 12.3. The van der Waals surface area contributed by atoms with Crippen LogP contribution in [0.3, 0.4) is 0 Å². The van der Waals surface area contributed by atoms with Gasteiger partial charge < -0.3 is 10.2 Å². The lowest BCUT2D eigenvalue weighted by molar-refractivity contribution is -0.00983. The smallest absolute Gasteiger partial charge is 0.258 e. The van der Waals surface area contributed by atoms with Gasteiger partial charge in [0.05, 0.1) is 6.42 Å². The van der Waals surface area contributed by atoms with Crippen molar-refractivity contribution in [1.29, 1.82) is 0 Å². The number of oxazole rings is 1. The minimum atomic E-state index is -2.89. The number of nitrogens with two attached hydrogens (primary N) is 1. The van der Waals surface area contributed by atoms with Gasteiger partial charge in [-0.1, -0.05) is 11.6 Å². The van der Waals surface area contributed by atoms with E-state index < -0.39 is 12.3 Å². The van der Waals surface area contributed by atoms with E-state index in [1.807, 2.05) is 0 Å². The second kappa shape index (κ2) is 4.58. The lowest BCUT2D eigenvalue weighted by atomic mass is 10.2. The molecule has 2 N–H and O–H groups in total. The Morgan fingerprint density at radius 1 is 1.41 bits per heavy atom. The SMILES string of the molecule is NCCC(F)(F)Cc1nc2ccc(Cl)cc2o1. The van der Waals surface area contributed by atoms with Gasteiger partial charge in [-0.2, -0.15) is 0 Å². The standard InChI is InChI=1S/C11H11ClF2N2O/c12-7-1-2-8-9(5-7)17-10(16-8)6-11(13,14)3-4-15/h1-2,5H,3-4,6,15H2. The van der Waals surface area contributed by atoms with Crippen LogP contribution < -0.4 is 5.73 Å². The van der Waals surface area contributed by atoms with Crippen molar-refractivity contribution in [2.24, 2.45) is 5.73 Å². The maximum absolute atomic E-state index is 13.3. The summed E-state index contributed by atoms with van der Waals surface area (Å²) in [6, 6.07) is 4.81. The maximum Gasteiger partial charge on any atom is 0.258 e. The van der Waals surface area contributed by atoms with Gasteiger partial charge in [0.15, 0.2) is 5.58 Å². The van der Waals surface area contributed by atoms with Crippen LogP contribution in [-0.2, 0) is 6.42 Å². The van der Waals surface area contributed by atoms with Crippen molar-refractivity contribution in [3.8, 4) is 0 Å². The Morgan fingerprint density at radius 3 is 2.88 bits per heavy atom. The van der Waals surface area contributed by atoms with E-state index in [-0.39, 0.29) is 18.9 Å². The van der Waals surface area contributed by atoms with Crippen molar-refractivity contribution in [2.75, 3.05) is 6.54 Å². The Bertz CT molecular complexity index is 527. The van der Waals surface area contributed by atoms with Crippen molar-refractivity contribution >= 4 is 22.7 Å². The summed E-state index contributed by atoms with van der Waals surface area (Å²) in [5, 5.41) is 0.480. The van der Waals surface area contributed by atoms with Gasteiger partial charge in [0.25, 0.3) is 5.92 Å². The molecule has 1 aromatic carbocycles. The van der Waals surface area contributed by atoms with Crippen LogP contribution in [-0.4, -0.2) is 17.5 Å². The number of hydrogen-bond acceptors (Lipinski definition) is 3. The van der Waals surface area contributed by atoms with Crippen LogP contribution in [0.1, 0.15) is 12.3 Å². The van der Waals surface area contributed by atoms with E-state index in [9.17, 15) is 8.78 Å². The minimum absolute atomic E-state index is 0.000664. The van der Waals surface area contributed by atoms with Crippen molar-refractivity contribution < 1.29 is 13.2 Å². The summed E-state index contributed by atoms with van der Waals surface area (Å²) < 4.78 is 31.8. The largest absolute Gasteiger partial charge is 0.440 e. The summed E-state index contributed by atoms with van der Waals surface area (Å²) in [7, 11) is 0. The molecule has 6 heteroatoms. The second-order valence-electron chi connectivity index (χ2n) is 3.79. The van der Waals surface area contributed by atoms with Crippen LogP contribution in [0, 0.1) is 0 Å². The minimum Gasteiger partial charge on any atom is -0.440 e. The predicted molar refractivity (Wildman–Crippen MR) is 61.3 cm³/mol. The zero-order chi connectivity index (χ0) is 12.5. The van der Waals surface area contributed by atoms with E-state index >= 15 is 0 Å². The van der Waals surface area contributed by atoms with Crippen LogP contribution in [0.25, 0.3) is 11.1 Å². The average molecular weight is 261 g/mol. The van der Waals surface area contributed by atoms with E-state index in [1.54, 1.807) is 18.2 Å². The molecule has 0 aliphatic carbocycles. The first-order valence-corrected chi connectivity index (χ1v) is 5.51. The van der Waals surface area contributed by atoms with Crippen LogP contribution in [0.4, 0.5) is 8.78 Å². The summed E-state index contributed by atoms with van der Waals surface area (Å²) in [5.74, 6) is -2.89. The number of fused-ring (bicyclic) bond motifs is 1. The Morgan fingerprint density at radius 2 is 2.18 bits per heavy atom. The lowest BCUT2D eigenvalue weighted by Gasteiger charge is -2.12. The molecular weight excluding hydrogens is 250 g/mol. The molecule has 17 heavy (non-hydrogen) atoms. The van der Waals surface area contributed by atoms with Gasteiger partial charge in [-0.15, -0.1) is 0 Å².